The largest absolute Gasteiger partial charge is 0.480 e. The standard InChI is InChI=1S/C18H24N4O3S.2ClH/c1-26-9-7-16(18(24)25)22-17(23)13-4-2-5-14(10-13)20-8-3-6-15-11-19-12-21-15;;/h2,4-5,10-12,16,20H,3,6-9H2,1H3,(H,19,21)(H,22,23)(H,24,25);2*1H/t16-;;/m0../s1. The van der Waals surface area contributed by atoms with Crippen LogP contribution in [0, 0.1) is 0 Å². The lowest BCUT2D eigenvalue weighted by Gasteiger charge is -2.14. The van der Waals surface area contributed by atoms with Crippen molar-refractivity contribution in [3.05, 3.63) is 48.0 Å². The first-order valence-electron chi connectivity index (χ1n) is 8.44. The number of amides is 1. The monoisotopic (exact) mass is 448 g/mol. The van der Waals surface area contributed by atoms with Crippen molar-refractivity contribution in [2.75, 3.05) is 23.9 Å². The summed E-state index contributed by atoms with van der Waals surface area (Å²) >= 11 is 1.55. The summed E-state index contributed by atoms with van der Waals surface area (Å²) in [7, 11) is 0. The molecule has 1 heterocycles. The Kier molecular flexibility index (Phi) is 13.2. The number of nitrogens with zero attached hydrogens (tertiary/aromatic N) is 1. The topological polar surface area (TPSA) is 107 Å². The minimum atomic E-state index is -1.01. The van der Waals surface area contributed by atoms with Crippen molar-refractivity contribution in [3.63, 3.8) is 0 Å². The number of aromatic nitrogens is 2. The number of carboxylic acid groups (broad SMARTS) is 1. The van der Waals surface area contributed by atoms with Crippen LogP contribution in [-0.4, -0.2) is 51.5 Å². The van der Waals surface area contributed by atoms with E-state index in [0.29, 0.717) is 17.7 Å². The van der Waals surface area contributed by atoms with E-state index in [0.717, 1.165) is 30.8 Å². The molecule has 1 aromatic carbocycles. The maximum Gasteiger partial charge on any atom is 0.326 e. The number of anilines is 1. The molecule has 0 fully saturated rings. The van der Waals surface area contributed by atoms with Gasteiger partial charge in [-0.1, -0.05) is 6.07 Å². The van der Waals surface area contributed by atoms with E-state index in [2.05, 4.69) is 20.6 Å². The molecule has 0 unspecified atom stereocenters. The number of aliphatic carboxylic acids is 1. The minimum Gasteiger partial charge on any atom is -0.480 e. The zero-order valence-electron chi connectivity index (χ0n) is 15.5. The number of carbonyl (C=O) groups excluding carboxylic acids is 1. The number of halogens is 2. The molecule has 2 rings (SSSR count). The summed E-state index contributed by atoms with van der Waals surface area (Å²) in [5.41, 5.74) is 2.29. The van der Waals surface area contributed by atoms with Crippen molar-refractivity contribution in [2.45, 2.75) is 25.3 Å². The highest BCUT2D eigenvalue weighted by Crippen LogP contribution is 2.12. The van der Waals surface area contributed by atoms with Crippen LogP contribution in [0.1, 0.15) is 28.9 Å². The molecule has 0 saturated carbocycles. The Hall–Kier alpha value is -1.90. The highest BCUT2D eigenvalue weighted by molar-refractivity contribution is 7.98. The molecule has 2 aromatic rings. The molecule has 0 spiro atoms. The van der Waals surface area contributed by atoms with Crippen LogP contribution in [-0.2, 0) is 11.2 Å². The molecule has 0 saturated heterocycles. The first-order chi connectivity index (χ1) is 12.6. The summed E-state index contributed by atoms with van der Waals surface area (Å²) in [6, 6.07) is 6.20. The molecule has 1 aromatic heterocycles. The van der Waals surface area contributed by atoms with Gasteiger partial charge in [0.15, 0.2) is 0 Å². The van der Waals surface area contributed by atoms with Crippen LogP contribution in [0.25, 0.3) is 0 Å². The molecule has 28 heavy (non-hydrogen) atoms. The van der Waals surface area contributed by atoms with Crippen molar-refractivity contribution in [1.82, 2.24) is 15.3 Å². The van der Waals surface area contributed by atoms with Gasteiger partial charge in [-0.15, -0.1) is 24.8 Å². The summed E-state index contributed by atoms with van der Waals surface area (Å²) in [6.45, 7) is 0.753. The second-order valence-corrected chi connectivity index (χ2v) is 6.80. The van der Waals surface area contributed by atoms with Crippen molar-refractivity contribution in [3.8, 4) is 0 Å². The minimum absolute atomic E-state index is 0. The van der Waals surface area contributed by atoms with Crippen molar-refractivity contribution in [1.29, 1.82) is 0 Å². The van der Waals surface area contributed by atoms with Gasteiger partial charge in [0.1, 0.15) is 6.04 Å². The van der Waals surface area contributed by atoms with Gasteiger partial charge in [-0.25, -0.2) is 9.78 Å². The number of hydrogen-bond donors (Lipinski definition) is 4. The lowest BCUT2D eigenvalue weighted by molar-refractivity contribution is -0.139. The molecule has 0 bridgehead atoms. The average Bonchev–Trinajstić information content (AvgIpc) is 3.15. The Morgan fingerprint density at radius 3 is 2.75 bits per heavy atom. The van der Waals surface area contributed by atoms with E-state index in [1.165, 1.54) is 0 Å². The van der Waals surface area contributed by atoms with Crippen LogP contribution in [0.4, 0.5) is 5.69 Å². The van der Waals surface area contributed by atoms with Gasteiger partial charge in [0.2, 0.25) is 0 Å². The van der Waals surface area contributed by atoms with Crippen molar-refractivity contribution >= 4 is 54.1 Å². The van der Waals surface area contributed by atoms with Crippen molar-refractivity contribution < 1.29 is 14.7 Å². The second kappa shape index (κ2) is 14.1. The van der Waals surface area contributed by atoms with E-state index in [-0.39, 0.29) is 30.7 Å². The van der Waals surface area contributed by atoms with E-state index in [1.54, 1.807) is 36.3 Å². The lowest BCUT2D eigenvalue weighted by Crippen LogP contribution is -2.41. The van der Waals surface area contributed by atoms with E-state index >= 15 is 0 Å². The molecular weight excluding hydrogens is 423 g/mol. The summed E-state index contributed by atoms with van der Waals surface area (Å²) in [5, 5.41) is 15.1. The summed E-state index contributed by atoms with van der Waals surface area (Å²) in [6.07, 6.45) is 7.62. The van der Waals surface area contributed by atoms with E-state index in [1.807, 2.05) is 18.5 Å². The van der Waals surface area contributed by atoms with Gasteiger partial charge in [-0.05, 0) is 49.5 Å². The molecule has 7 nitrogen and oxygen atoms in total. The zero-order chi connectivity index (χ0) is 18.8. The molecule has 156 valence electrons. The quantitative estimate of drug-likeness (QED) is 0.393. The van der Waals surface area contributed by atoms with Gasteiger partial charge in [-0.2, -0.15) is 11.8 Å². The highest BCUT2D eigenvalue weighted by Gasteiger charge is 2.20. The smallest absolute Gasteiger partial charge is 0.326 e. The summed E-state index contributed by atoms with van der Waals surface area (Å²) in [5.74, 6) is -0.715. The molecule has 4 N–H and O–H groups in total. The molecular formula is C18H26Cl2N4O3S. The Labute approximate surface area is 181 Å². The highest BCUT2D eigenvalue weighted by atomic mass is 35.5. The molecule has 0 radical (unpaired) electrons. The van der Waals surface area contributed by atoms with E-state index in [9.17, 15) is 14.7 Å². The lowest BCUT2D eigenvalue weighted by atomic mass is 10.1. The predicted octanol–water partition coefficient (Wildman–Crippen LogP) is 3.23. The summed E-state index contributed by atoms with van der Waals surface area (Å²) < 4.78 is 0. The number of H-pyrrole nitrogens is 1. The van der Waals surface area contributed by atoms with Crippen LogP contribution in [0.15, 0.2) is 36.8 Å². The second-order valence-electron chi connectivity index (χ2n) is 5.82. The number of rotatable bonds is 11. The van der Waals surface area contributed by atoms with Crippen LogP contribution in [0.3, 0.4) is 0 Å². The zero-order valence-corrected chi connectivity index (χ0v) is 18.0. The number of benzene rings is 1. The predicted molar refractivity (Wildman–Crippen MR) is 118 cm³/mol. The average molecular weight is 449 g/mol. The molecule has 10 heteroatoms. The third-order valence-electron chi connectivity index (χ3n) is 3.83. The third-order valence-corrected chi connectivity index (χ3v) is 4.48. The number of aryl methyl sites for hydroxylation is 1. The Bertz CT molecular complexity index is 717. The molecule has 0 aliphatic rings. The maximum absolute atomic E-state index is 12.3. The van der Waals surface area contributed by atoms with Gasteiger partial charge in [0.05, 0.1) is 12.0 Å². The van der Waals surface area contributed by atoms with E-state index < -0.39 is 12.0 Å². The fourth-order valence-corrected chi connectivity index (χ4v) is 2.91. The van der Waals surface area contributed by atoms with Crippen LogP contribution < -0.4 is 10.6 Å². The SMILES string of the molecule is CSCC[C@H](NC(=O)c1cccc(NCCCc2c[nH]cn2)c1)C(=O)O.Cl.Cl. The van der Waals surface area contributed by atoms with Crippen LogP contribution in [0.5, 0.6) is 0 Å². The van der Waals surface area contributed by atoms with Gasteiger partial charge in [-0.3, -0.25) is 4.79 Å². The number of carboxylic acids is 1. The number of nitrogens with one attached hydrogen (secondary N) is 3. The third kappa shape index (κ3) is 8.86. The number of hydrogen-bond acceptors (Lipinski definition) is 5. The van der Waals surface area contributed by atoms with E-state index in [4.69, 9.17) is 0 Å². The maximum atomic E-state index is 12.3. The number of thioether (sulfide) groups is 1. The van der Waals surface area contributed by atoms with Crippen LogP contribution >= 0.6 is 36.6 Å². The number of carbonyl (C=O) groups is 2. The Morgan fingerprint density at radius 2 is 2.11 bits per heavy atom. The molecule has 0 aliphatic heterocycles. The first kappa shape index (κ1) is 26.1. The fraction of sp³-hybridized carbons (Fsp3) is 0.389. The number of imidazole rings is 1. The Morgan fingerprint density at radius 1 is 1.32 bits per heavy atom. The van der Waals surface area contributed by atoms with Gasteiger partial charge in [0.25, 0.3) is 5.91 Å². The number of aromatic amines is 1. The molecule has 1 atom stereocenters. The fourth-order valence-electron chi connectivity index (χ4n) is 2.43. The summed E-state index contributed by atoms with van der Waals surface area (Å²) in [4.78, 5) is 30.7. The molecule has 0 aliphatic carbocycles. The first-order valence-corrected chi connectivity index (χ1v) is 9.83. The van der Waals surface area contributed by atoms with Crippen molar-refractivity contribution in [2.24, 2.45) is 0 Å². The molecule has 1 amide bonds. The van der Waals surface area contributed by atoms with Gasteiger partial charge >= 0.3 is 5.97 Å². The normalized spacial score (nSPS) is 10.9. The van der Waals surface area contributed by atoms with Gasteiger partial charge in [0, 0.05) is 24.0 Å². The van der Waals surface area contributed by atoms with Gasteiger partial charge < -0.3 is 20.7 Å². The Balaban J connectivity index is 0.00000364. The van der Waals surface area contributed by atoms with Crippen LogP contribution in [0.2, 0.25) is 0 Å².